The molecule has 0 rings (SSSR count). The van der Waals surface area contributed by atoms with Gasteiger partial charge in [0.1, 0.15) is 0 Å². The zero-order valence-electron chi connectivity index (χ0n) is 10.4. The Labute approximate surface area is 123 Å². The summed E-state index contributed by atoms with van der Waals surface area (Å²) < 4.78 is 113. The summed E-state index contributed by atoms with van der Waals surface area (Å²) in [6.45, 7) is 2.82. The molecule has 0 aliphatic rings. The van der Waals surface area contributed by atoms with Gasteiger partial charge in [-0.1, -0.05) is 36.4 Å². The van der Waals surface area contributed by atoms with Gasteiger partial charge in [0.2, 0.25) is 0 Å². The van der Waals surface area contributed by atoms with Gasteiger partial charge in [-0.15, -0.1) is 0 Å². The Hall–Kier alpha value is 0.1000. The summed E-state index contributed by atoms with van der Waals surface area (Å²) in [4.78, 5) is 0. The lowest BCUT2D eigenvalue weighted by Crippen LogP contribution is -2.60. The summed E-state index contributed by atoms with van der Waals surface area (Å²) in [6.07, 6.45) is -9.13. The first-order chi connectivity index (χ1) is 8.52. The van der Waals surface area contributed by atoms with Crippen LogP contribution in [0.5, 0.6) is 0 Å². The quantitative estimate of drug-likeness (QED) is 0.289. The van der Waals surface area contributed by atoms with Gasteiger partial charge in [-0.25, -0.2) is 0 Å². The molecule has 0 saturated carbocycles. The molecule has 0 aromatic heterocycles. The normalized spacial score (nSPS) is 15.6. The van der Waals surface area contributed by atoms with Gasteiger partial charge in [0.15, 0.2) is 0 Å². The Morgan fingerprint density at radius 1 is 0.700 bits per heavy atom. The van der Waals surface area contributed by atoms with Gasteiger partial charge in [0.05, 0.1) is 0 Å². The van der Waals surface area contributed by atoms with E-state index in [0.29, 0.717) is 0 Å². The van der Waals surface area contributed by atoms with E-state index >= 15 is 0 Å². The predicted molar refractivity (Wildman–Crippen MR) is 62.8 cm³/mol. The zero-order chi connectivity index (χ0) is 16.6. The lowest BCUT2D eigenvalue weighted by molar-refractivity contribution is -0.397. The van der Waals surface area contributed by atoms with E-state index in [-0.39, 0.29) is 4.43 Å². The molecule has 122 valence electrons. The van der Waals surface area contributed by atoms with Crippen LogP contribution < -0.4 is 0 Å². The SMILES string of the molecule is CC(C)(CI)CCC(F)(F)C(F)(F)C(F)(F)C(F)(F)F. The Bertz CT molecular complexity index is 332. The largest absolute Gasteiger partial charge is 0.460 e. The third-order valence-corrected chi connectivity index (χ3v) is 4.75. The molecule has 0 bridgehead atoms. The van der Waals surface area contributed by atoms with E-state index < -0.39 is 42.2 Å². The molecule has 0 aliphatic heterocycles. The van der Waals surface area contributed by atoms with Gasteiger partial charge in [0, 0.05) is 10.8 Å². The molecule has 0 radical (unpaired) electrons. The summed E-state index contributed by atoms with van der Waals surface area (Å²) in [5.74, 6) is -18.8. The molecule has 0 unspecified atom stereocenters. The van der Waals surface area contributed by atoms with E-state index in [9.17, 15) is 39.5 Å². The fraction of sp³-hybridized carbons (Fsp3) is 1.00. The highest BCUT2D eigenvalue weighted by Gasteiger charge is 2.81. The van der Waals surface area contributed by atoms with Crippen molar-refractivity contribution in [3.63, 3.8) is 0 Å². The maximum absolute atomic E-state index is 13.2. The van der Waals surface area contributed by atoms with Gasteiger partial charge in [-0.05, 0) is 11.8 Å². The standard InChI is InChI=1S/C10H12F9I/c1-6(2,5-20)3-4-7(11,12)8(13,14)9(15,16)10(17,18)19/h3-5H2,1-2H3. The van der Waals surface area contributed by atoms with Crippen molar-refractivity contribution in [1.29, 1.82) is 0 Å². The molecule has 0 saturated heterocycles. The van der Waals surface area contributed by atoms with Crippen LogP contribution in [0.4, 0.5) is 39.5 Å². The summed E-state index contributed by atoms with van der Waals surface area (Å²) in [7, 11) is 0. The Kier molecular flexibility index (Phi) is 5.74. The average Bonchev–Trinajstić information content (AvgIpc) is 2.24. The number of rotatable bonds is 6. The maximum atomic E-state index is 13.2. The Morgan fingerprint density at radius 2 is 1.10 bits per heavy atom. The third kappa shape index (κ3) is 3.85. The van der Waals surface area contributed by atoms with Crippen LogP contribution in [0.25, 0.3) is 0 Å². The lowest BCUT2D eigenvalue weighted by Gasteiger charge is -2.35. The molecule has 0 atom stereocenters. The van der Waals surface area contributed by atoms with Gasteiger partial charge < -0.3 is 0 Å². The number of hydrogen-bond acceptors (Lipinski definition) is 0. The predicted octanol–water partition coefficient (Wildman–Crippen LogP) is 5.70. The molecular formula is C10H12F9I. The molecule has 0 nitrogen and oxygen atoms in total. The van der Waals surface area contributed by atoms with E-state index in [4.69, 9.17) is 0 Å². The van der Waals surface area contributed by atoms with Crippen molar-refractivity contribution in [1.82, 2.24) is 0 Å². The highest BCUT2D eigenvalue weighted by molar-refractivity contribution is 14.1. The van der Waals surface area contributed by atoms with Crippen LogP contribution in [-0.2, 0) is 0 Å². The van der Waals surface area contributed by atoms with E-state index in [0.717, 1.165) is 0 Å². The Morgan fingerprint density at radius 3 is 1.40 bits per heavy atom. The molecule has 0 N–H and O–H groups in total. The van der Waals surface area contributed by atoms with Crippen molar-refractivity contribution in [2.24, 2.45) is 5.41 Å². The van der Waals surface area contributed by atoms with Crippen LogP contribution in [0.2, 0.25) is 0 Å². The highest BCUT2D eigenvalue weighted by Crippen LogP contribution is 2.54. The first kappa shape index (κ1) is 20.1. The van der Waals surface area contributed by atoms with E-state index in [1.54, 1.807) is 22.6 Å². The van der Waals surface area contributed by atoms with Gasteiger partial charge in [-0.3, -0.25) is 0 Å². The van der Waals surface area contributed by atoms with Crippen molar-refractivity contribution in [2.45, 2.75) is 50.6 Å². The van der Waals surface area contributed by atoms with Crippen molar-refractivity contribution in [3.05, 3.63) is 0 Å². The molecular weight excluding hydrogens is 418 g/mol. The minimum atomic E-state index is -6.79. The fourth-order valence-electron chi connectivity index (χ4n) is 1.13. The van der Waals surface area contributed by atoms with Crippen molar-refractivity contribution in [3.8, 4) is 0 Å². The molecule has 0 heterocycles. The van der Waals surface area contributed by atoms with Crippen molar-refractivity contribution < 1.29 is 39.5 Å². The fourth-order valence-corrected chi connectivity index (χ4v) is 1.51. The number of hydrogen-bond donors (Lipinski definition) is 0. The van der Waals surface area contributed by atoms with Gasteiger partial charge >= 0.3 is 23.9 Å². The van der Waals surface area contributed by atoms with Crippen LogP contribution in [0.3, 0.4) is 0 Å². The van der Waals surface area contributed by atoms with E-state index in [2.05, 4.69) is 0 Å². The lowest BCUT2D eigenvalue weighted by atomic mass is 9.87. The zero-order valence-corrected chi connectivity index (χ0v) is 12.6. The first-order valence-corrected chi connectivity index (χ1v) is 6.80. The summed E-state index contributed by atoms with van der Waals surface area (Å²) in [5, 5.41) is 0. The van der Waals surface area contributed by atoms with Gasteiger partial charge in [0.25, 0.3) is 0 Å². The molecule has 10 heteroatoms. The number of halogens is 10. The second-order valence-electron chi connectivity index (χ2n) is 5.15. The molecule has 0 aromatic carbocycles. The molecule has 0 aromatic rings. The average molecular weight is 430 g/mol. The minimum Gasteiger partial charge on any atom is -0.200 e. The van der Waals surface area contributed by atoms with Crippen LogP contribution in [0, 0.1) is 5.41 Å². The Balaban J connectivity index is 5.27. The second kappa shape index (κ2) is 5.71. The molecule has 0 amide bonds. The third-order valence-electron chi connectivity index (χ3n) is 2.69. The minimum absolute atomic E-state index is 0.252. The highest BCUT2D eigenvalue weighted by atomic mass is 127. The number of alkyl halides is 10. The summed E-state index contributed by atoms with van der Waals surface area (Å²) in [6, 6.07) is 0. The van der Waals surface area contributed by atoms with Crippen molar-refractivity contribution in [2.75, 3.05) is 4.43 Å². The topological polar surface area (TPSA) is 0 Å². The van der Waals surface area contributed by atoms with Crippen LogP contribution in [0.1, 0.15) is 26.7 Å². The maximum Gasteiger partial charge on any atom is 0.460 e. The molecule has 0 fully saturated rings. The smallest absolute Gasteiger partial charge is 0.200 e. The van der Waals surface area contributed by atoms with E-state index in [1.165, 1.54) is 13.8 Å². The first-order valence-electron chi connectivity index (χ1n) is 5.28. The molecule has 0 aliphatic carbocycles. The molecule has 20 heavy (non-hydrogen) atoms. The van der Waals surface area contributed by atoms with Crippen LogP contribution in [-0.4, -0.2) is 28.4 Å². The van der Waals surface area contributed by atoms with Crippen LogP contribution >= 0.6 is 22.6 Å². The van der Waals surface area contributed by atoms with Crippen molar-refractivity contribution >= 4 is 22.6 Å². The summed E-state index contributed by atoms with van der Waals surface area (Å²) in [5.41, 5.74) is -0.881. The molecule has 0 spiro atoms. The van der Waals surface area contributed by atoms with E-state index in [1.807, 2.05) is 0 Å². The second-order valence-corrected chi connectivity index (χ2v) is 5.91. The summed E-state index contributed by atoms with van der Waals surface area (Å²) >= 11 is 1.77. The monoisotopic (exact) mass is 430 g/mol. The van der Waals surface area contributed by atoms with Crippen LogP contribution in [0.15, 0.2) is 0 Å². The van der Waals surface area contributed by atoms with Gasteiger partial charge in [-0.2, -0.15) is 39.5 Å².